The van der Waals surface area contributed by atoms with Gasteiger partial charge >= 0.3 is 0 Å². The minimum Gasteiger partial charge on any atom is -0.508 e. The number of fused-ring (bicyclic) bond motifs is 4. The van der Waals surface area contributed by atoms with E-state index in [1.54, 1.807) is 0 Å². The number of nitrogens with zero attached hydrogens (tertiary/aromatic N) is 1. The molecule has 3 rings (SSSR count). The molecule has 2 heteroatoms. The van der Waals surface area contributed by atoms with Crippen molar-refractivity contribution in [3.8, 4) is 5.75 Å². The van der Waals surface area contributed by atoms with Gasteiger partial charge in [-0.25, -0.2) is 0 Å². The van der Waals surface area contributed by atoms with Gasteiger partial charge in [-0.1, -0.05) is 26.8 Å². The van der Waals surface area contributed by atoms with E-state index in [1.165, 1.54) is 11.1 Å². The van der Waals surface area contributed by atoms with Crippen molar-refractivity contribution in [2.75, 3.05) is 13.6 Å². The zero-order chi connectivity index (χ0) is 13.1. The predicted octanol–water partition coefficient (Wildman–Crippen LogP) is 2.79. The van der Waals surface area contributed by atoms with Crippen LogP contribution in [0.1, 0.15) is 31.9 Å². The third kappa shape index (κ3) is 1.38. The Morgan fingerprint density at radius 2 is 2.06 bits per heavy atom. The molecule has 1 aliphatic carbocycles. The molecule has 1 N–H and O–H groups in total. The van der Waals surface area contributed by atoms with Gasteiger partial charge in [-0.3, -0.25) is 0 Å². The molecule has 1 saturated heterocycles. The van der Waals surface area contributed by atoms with Gasteiger partial charge in [0.25, 0.3) is 0 Å². The maximum atomic E-state index is 9.81. The van der Waals surface area contributed by atoms with E-state index in [0.717, 1.165) is 13.0 Å². The number of phenols is 1. The number of piperidine rings is 1. The lowest BCUT2D eigenvalue weighted by molar-refractivity contribution is 0.00757. The van der Waals surface area contributed by atoms with Crippen LogP contribution in [0.5, 0.6) is 5.75 Å². The lowest BCUT2D eigenvalue weighted by atomic mass is 9.55. The normalized spacial score (nSPS) is 39.4. The maximum Gasteiger partial charge on any atom is 0.115 e. The van der Waals surface area contributed by atoms with E-state index in [-0.39, 0.29) is 5.41 Å². The first-order valence-electron chi connectivity index (χ1n) is 6.97. The van der Waals surface area contributed by atoms with Crippen molar-refractivity contribution in [1.29, 1.82) is 0 Å². The molecule has 4 atom stereocenters. The second kappa shape index (κ2) is 3.74. The van der Waals surface area contributed by atoms with Crippen LogP contribution < -0.4 is 0 Å². The summed E-state index contributed by atoms with van der Waals surface area (Å²) in [5.41, 5.74) is 3.01. The molecule has 1 fully saturated rings. The summed E-state index contributed by atoms with van der Waals surface area (Å²) in [4.78, 5) is 2.52. The second-order valence-corrected chi connectivity index (χ2v) is 6.52. The van der Waals surface area contributed by atoms with Crippen LogP contribution in [0.25, 0.3) is 0 Å². The molecule has 1 aromatic carbocycles. The highest BCUT2D eigenvalue weighted by Gasteiger charge is 2.51. The molecule has 2 nitrogen and oxygen atoms in total. The number of hydrogen-bond donors (Lipinski definition) is 1. The third-order valence-corrected chi connectivity index (χ3v) is 5.78. The number of rotatable bonds is 0. The van der Waals surface area contributed by atoms with Crippen molar-refractivity contribution in [3.05, 3.63) is 29.3 Å². The van der Waals surface area contributed by atoms with E-state index in [2.05, 4.69) is 38.8 Å². The van der Waals surface area contributed by atoms with Crippen molar-refractivity contribution in [2.45, 2.75) is 38.6 Å². The first-order valence-corrected chi connectivity index (χ1v) is 6.97. The number of benzene rings is 1. The van der Waals surface area contributed by atoms with Gasteiger partial charge in [-0.05, 0) is 48.6 Å². The number of likely N-dealkylation sites (N-methyl/N-ethyl adjacent to an activating group) is 1. The molecule has 0 amide bonds. The Bertz CT molecular complexity index is 484. The first kappa shape index (κ1) is 12.0. The van der Waals surface area contributed by atoms with E-state index in [4.69, 9.17) is 0 Å². The quantitative estimate of drug-likeness (QED) is 0.759. The standard InChI is InChI=1S/C16H23NO/c1-10-9-17(4)15-7-12-5-6-13(18)8-14(12)16(10,3)11(15)2/h5-6,8,10-11,15,18H,7,9H2,1-4H3/t10?,11-,15?,16-/m0/s1. The minimum atomic E-state index is 0.198. The Morgan fingerprint density at radius 1 is 1.33 bits per heavy atom. The van der Waals surface area contributed by atoms with Crippen molar-refractivity contribution < 1.29 is 5.11 Å². The molecule has 2 bridgehead atoms. The third-order valence-electron chi connectivity index (χ3n) is 5.78. The Morgan fingerprint density at radius 3 is 2.78 bits per heavy atom. The van der Waals surface area contributed by atoms with Gasteiger partial charge in [0.05, 0.1) is 0 Å². The molecule has 2 aliphatic rings. The Labute approximate surface area is 110 Å². The summed E-state index contributed by atoms with van der Waals surface area (Å²) < 4.78 is 0. The van der Waals surface area contributed by atoms with E-state index < -0.39 is 0 Å². The van der Waals surface area contributed by atoms with Gasteiger partial charge in [0.15, 0.2) is 0 Å². The molecule has 18 heavy (non-hydrogen) atoms. The molecule has 0 spiro atoms. The Kier molecular flexibility index (Phi) is 2.50. The second-order valence-electron chi connectivity index (χ2n) is 6.52. The molecule has 0 radical (unpaired) electrons. The Hall–Kier alpha value is -1.02. The van der Waals surface area contributed by atoms with Gasteiger partial charge in [0.1, 0.15) is 5.75 Å². The molecule has 1 heterocycles. The summed E-state index contributed by atoms with van der Waals surface area (Å²) in [6, 6.07) is 6.60. The van der Waals surface area contributed by atoms with Gasteiger partial charge < -0.3 is 10.0 Å². The molecule has 98 valence electrons. The fraction of sp³-hybridized carbons (Fsp3) is 0.625. The lowest BCUT2D eigenvalue weighted by Crippen LogP contribution is -2.60. The highest BCUT2D eigenvalue weighted by molar-refractivity contribution is 5.44. The maximum absolute atomic E-state index is 9.81. The van der Waals surface area contributed by atoms with E-state index in [0.29, 0.717) is 23.6 Å². The molecule has 1 aliphatic heterocycles. The van der Waals surface area contributed by atoms with Gasteiger partial charge in [-0.2, -0.15) is 0 Å². The number of aromatic hydroxyl groups is 1. The van der Waals surface area contributed by atoms with Crippen molar-refractivity contribution in [2.24, 2.45) is 11.8 Å². The van der Waals surface area contributed by atoms with E-state index in [9.17, 15) is 5.11 Å². The molecular weight excluding hydrogens is 222 g/mol. The summed E-state index contributed by atoms with van der Waals surface area (Å²) in [6.07, 6.45) is 1.12. The van der Waals surface area contributed by atoms with E-state index >= 15 is 0 Å². The largest absolute Gasteiger partial charge is 0.508 e. The average molecular weight is 245 g/mol. The minimum absolute atomic E-state index is 0.198. The van der Waals surface area contributed by atoms with Gasteiger partial charge in [-0.15, -0.1) is 0 Å². The van der Waals surface area contributed by atoms with Crippen molar-refractivity contribution >= 4 is 0 Å². The van der Waals surface area contributed by atoms with Crippen molar-refractivity contribution in [3.63, 3.8) is 0 Å². The van der Waals surface area contributed by atoms with Crippen LogP contribution in [0.15, 0.2) is 18.2 Å². The highest BCUT2D eigenvalue weighted by Crippen LogP contribution is 2.51. The summed E-state index contributed by atoms with van der Waals surface area (Å²) >= 11 is 0. The van der Waals surface area contributed by atoms with Crippen LogP contribution in [0, 0.1) is 11.8 Å². The number of likely N-dealkylation sites (tertiary alicyclic amines) is 1. The number of phenolic OH excluding ortho intramolecular Hbond substituents is 1. The summed E-state index contributed by atoms with van der Waals surface area (Å²) in [5.74, 6) is 1.67. The van der Waals surface area contributed by atoms with Gasteiger partial charge in [0, 0.05) is 18.0 Å². The molecule has 2 unspecified atom stereocenters. The average Bonchev–Trinajstić information content (AvgIpc) is 2.32. The fourth-order valence-corrected chi connectivity index (χ4v) is 4.30. The lowest BCUT2D eigenvalue weighted by Gasteiger charge is -2.57. The molecule has 0 saturated carbocycles. The predicted molar refractivity (Wildman–Crippen MR) is 73.9 cm³/mol. The Balaban J connectivity index is 2.20. The van der Waals surface area contributed by atoms with Crippen LogP contribution in [-0.2, 0) is 11.8 Å². The molecule has 1 aromatic rings. The first-order chi connectivity index (χ1) is 8.44. The summed E-state index contributed by atoms with van der Waals surface area (Å²) in [5, 5.41) is 9.81. The van der Waals surface area contributed by atoms with Crippen LogP contribution in [-0.4, -0.2) is 29.6 Å². The summed E-state index contributed by atoms with van der Waals surface area (Å²) in [6.45, 7) is 8.27. The number of hydrogen-bond acceptors (Lipinski definition) is 2. The smallest absolute Gasteiger partial charge is 0.115 e. The monoisotopic (exact) mass is 245 g/mol. The summed E-state index contributed by atoms with van der Waals surface area (Å²) in [7, 11) is 2.25. The molecular formula is C16H23NO. The molecule has 0 aromatic heterocycles. The van der Waals surface area contributed by atoms with Crippen LogP contribution in [0.4, 0.5) is 0 Å². The van der Waals surface area contributed by atoms with Crippen LogP contribution in [0.3, 0.4) is 0 Å². The van der Waals surface area contributed by atoms with E-state index in [1.807, 2.05) is 12.1 Å². The van der Waals surface area contributed by atoms with Crippen molar-refractivity contribution in [1.82, 2.24) is 4.90 Å². The van der Waals surface area contributed by atoms with Crippen LogP contribution >= 0.6 is 0 Å². The van der Waals surface area contributed by atoms with Crippen LogP contribution in [0.2, 0.25) is 0 Å². The highest BCUT2D eigenvalue weighted by atomic mass is 16.3. The zero-order valence-corrected chi connectivity index (χ0v) is 11.8. The fourth-order valence-electron chi connectivity index (χ4n) is 4.30. The topological polar surface area (TPSA) is 23.5 Å². The SMILES string of the molecule is CC1CN(C)C2Cc3ccc(O)cc3[C@]1(C)[C@H]2C. The van der Waals surface area contributed by atoms with Gasteiger partial charge in [0.2, 0.25) is 0 Å². The zero-order valence-electron chi connectivity index (χ0n) is 11.8.